The van der Waals surface area contributed by atoms with Crippen molar-refractivity contribution in [3.8, 4) is 17.2 Å². The Morgan fingerprint density at radius 3 is 2.48 bits per heavy atom. The number of hydrogen-bond donors (Lipinski definition) is 2. The van der Waals surface area contributed by atoms with Crippen LogP contribution in [0, 0.1) is 33.3 Å². The fourth-order valence-corrected chi connectivity index (χ4v) is 11.3. The molecule has 0 amide bonds. The van der Waals surface area contributed by atoms with Gasteiger partial charge in [-0.05, 0) is 115 Å². The van der Waals surface area contributed by atoms with Gasteiger partial charge in [0.25, 0.3) is 10.0 Å². The van der Waals surface area contributed by atoms with Gasteiger partial charge in [0.2, 0.25) is 0 Å². The molecule has 4 aliphatic rings. The highest BCUT2D eigenvalue weighted by Crippen LogP contribution is 2.49. The van der Waals surface area contributed by atoms with Gasteiger partial charge in [-0.25, -0.2) is 17.4 Å². The van der Waals surface area contributed by atoms with Gasteiger partial charge in [-0.3, -0.25) is 15.0 Å². The predicted octanol–water partition coefficient (Wildman–Crippen LogP) is 8.17. The molecule has 3 heterocycles. The number of aromatic nitrogens is 2. The van der Waals surface area contributed by atoms with Gasteiger partial charge >= 0.3 is 5.69 Å². The van der Waals surface area contributed by atoms with Crippen molar-refractivity contribution in [3.05, 3.63) is 118 Å². The summed E-state index contributed by atoms with van der Waals surface area (Å²) in [5, 5.41) is 33.8. The molecule has 9 rings (SSSR count). The minimum Gasteiger partial charge on any atom is -0.487 e. The number of nitro groups is 1. The SMILES string of the molecule is CC1(C)CCC(CN2CCN(c3cccc(Oc4cnc5c(ccn5S(=O)(=O)c5ccc(OCC6C[C@@H]7C[C@H]6[C@@H](O)[C@H]7O)c([N+](=O)[O-])c5)c4)c3)CC2)=C(c2ccc(Cl)cc2)C1. The smallest absolute Gasteiger partial charge is 0.312 e. The average molecular weight is 868 g/mol. The van der Waals surface area contributed by atoms with Crippen molar-refractivity contribution < 1.29 is 33.0 Å². The van der Waals surface area contributed by atoms with Crippen LogP contribution in [0.5, 0.6) is 17.2 Å². The number of hydrogen-bond acceptors (Lipinski definition) is 11. The van der Waals surface area contributed by atoms with Crippen LogP contribution in [0.4, 0.5) is 11.4 Å². The van der Waals surface area contributed by atoms with Crippen LogP contribution in [0.25, 0.3) is 16.6 Å². The normalized spacial score (nSPS) is 24.1. The summed E-state index contributed by atoms with van der Waals surface area (Å²) in [4.78, 5) is 20.5. The minimum absolute atomic E-state index is 0.0213. The lowest BCUT2D eigenvalue weighted by molar-refractivity contribution is -0.386. The molecule has 61 heavy (non-hydrogen) atoms. The van der Waals surface area contributed by atoms with Crippen LogP contribution >= 0.6 is 11.6 Å². The van der Waals surface area contributed by atoms with Gasteiger partial charge in [0.1, 0.15) is 11.5 Å². The molecule has 1 aliphatic heterocycles. The van der Waals surface area contributed by atoms with Gasteiger partial charge in [0.05, 0.1) is 34.8 Å². The number of nitrogens with zero attached hydrogens (tertiary/aromatic N) is 5. The van der Waals surface area contributed by atoms with Crippen LogP contribution in [0.15, 0.2) is 102 Å². The van der Waals surface area contributed by atoms with Crippen molar-refractivity contribution in [1.82, 2.24) is 13.9 Å². The summed E-state index contributed by atoms with van der Waals surface area (Å²) in [6.45, 7) is 9.43. The molecule has 2 saturated carbocycles. The molecule has 5 aromatic rings. The molecule has 5 atom stereocenters. The molecule has 320 valence electrons. The summed E-state index contributed by atoms with van der Waals surface area (Å²) >= 11 is 6.22. The molecule has 3 aliphatic carbocycles. The van der Waals surface area contributed by atoms with Gasteiger partial charge < -0.3 is 24.6 Å². The molecule has 13 nitrogen and oxygen atoms in total. The van der Waals surface area contributed by atoms with Crippen molar-refractivity contribution >= 4 is 49.6 Å². The minimum atomic E-state index is -4.29. The van der Waals surface area contributed by atoms with Crippen LogP contribution in [-0.2, 0) is 10.0 Å². The van der Waals surface area contributed by atoms with Crippen LogP contribution in [0.1, 0.15) is 51.5 Å². The zero-order valence-electron chi connectivity index (χ0n) is 34.2. The van der Waals surface area contributed by atoms with Crippen molar-refractivity contribution in [1.29, 1.82) is 0 Å². The largest absolute Gasteiger partial charge is 0.487 e. The van der Waals surface area contributed by atoms with E-state index in [1.54, 1.807) is 12.1 Å². The summed E-state index contributed by atoms with van der Waals surface area (Å²) in [6, 6.07) is 23.1. The lowest BCUT2D eigenvalue weighted by atomic mass is 9.72. The summed E-state index contributed by atoms with van der Waals surface area (Å²) in [5.74, 6) is 0.759. The van der Waals surface area contributed by atoms with Crippen LogP contribution in [0.2, 0.25) is 5.02 Å². The lowest BCUT2D eigenvalue weighted by Crippen LogP contribution is -2.47. The number of rotatable bonds is 12. The van der Waals surface area contributed by atoms with Crippen LogP contribution < -0.4 is 14.4 Å². The van der Waals surface area contributed by atoms with E-state index in [4.69, 9.17) is 21.1 Å². The number of ether oxygens (including phenoxy) is 2. The average Bonchev–Trinajstić information content (AvgIpc) is 3.95. The highest BCUT2D eigenvalue weighted by Gasteiger charge is 2.51. The first kappa shape index (κ1) is 41.4. The predicted molar refractivity (Wildman–Crippen MR) is 234 cm³/mol. The number of piperazine rings is 1. The second kappa shape index (κ2) is 16.4. The van der Waals surface area contributed by atoms with E-state index in [2.05, 4.69) is 46.8 Å². The Morgan fingerprint density at radius 1 is 0.951 bits per heavy atom. The van der Waals surface area contributed by atoms with Gasteiger partial charge in [0, 0.05) is 67.1 Å². The maximum Gasteiger partial charge on any atom is 0.312 e. The third-order valence-electron chi connectivity index (χ3n) is 13.2. The molecule has 15 heteroatoms. The van der Waals surface area contributed by atoms with Crippen molar-refractivity contribution in [2.75, 3.05) is 44.2 Å². The number of allylic oxidation sites excluding steroid dienone is 1. The lowest BCUT2D eigenvalue weighted by Gasteiger charge is -2.39. The second-order valence-electron chi connectivity index (χ2n) is 17.8. The highest BCUT2D eigenvalue weighted by atomic mass is 35.5. The first-order valence-electron chi connectivity index (χ1n) is 20.9. The fourth-order valence-electron chi connectivity index (χ4n) is 9.86. The maximum atomic E-state index is 13.9. The maximum absolute atomic E-state index is 13.9. The third kappa shape index (κ3) is 8.36. The van der Waals surface area contributed by atoms with Crippen molar-refractivity contribution in [3.63, 3.8) is 0 Å². The van der Waals surface area contributed by atoms with E-state index in [-0.39, 0.29) is 46.1 Å². The van der Waals surface area contributed by atoms with Crippen LogP contribution in [-0.4, -0.2) is 88.9 Å². The van der Waals surface area contributed by atoms with Gasteiger partial charge in [0.15, 0.2) is 11.4 Å². The number of benzene rings is 3. The fraction of sp³-hybridized carbons (Fsp3) is 0.413. The monoisotopic (exact) mass is 867 g/mol. The number of aliphatic hydroxyl groups is 2. The zero-order valence-corrected chi connectivity index (χ0v) is 35.8. The molecule has 0 radical (unpaired) electrons. The van der Waals surface area contributed by atoms with Gasteiger partial charge in [-0.15, -0.1) is 0 Å². The molecule has 2 bridgehead atoms. The first-order chi connectivity index (χ1) is 29.2. The molecular weight excluding hydrogens is 818 g/mol. The third-order valence-corrected chi connectivity index (χ3v) is 15.2. The van der Waals surface area contributed by atoms with E-state index in [1.807, 2.05) is 30.3 Å². The topological polar surface area (TPSA) is 161 Å². The molecule has 3 fully saturated rings. The molecule has 1 unspecified atom stereocenters. The summed E-state index contributed by atoms with van der Waals surface area (Å²) < 4.78 is 40.8. The number of aliphatic hydroxyl groups excluding tert-OH is 2. The quantitative estimate of drug-likeness (QED) is 0.0920. The second-order valence-corrected chi connectivity index (χ2v) is 20.1. The van der Waals surface area contributed by atoms with Crippen molar-refractivity contribution in [2.24, 2.45) is 23.2 Å². The number of halogens is 1. The van der Waals surface area contributed by atoms with E-state index in [1.165, 1.54) is 47.7 Å². The van der Waals surface area contributed by atoms with Crippen molar-refractivity contribution in [2.45, 2.75) is 63.1 Å². The summed E-state index contributed by atoms with van der Waals surface area (Å²) in [6.07, 6.45) is 5.91. The van der Waals surface area contributed by atoms with Gasteiger partial charge in [-0.2, -0.15) is 0 Å². The highest BCUT2D eigenvalue weighted by molar-refractivity contribution is 7.90. The molecular formula is C46H50ClN5O8S. The summed E-state index contributed by atoms with van der Waals surface area (Å²) in [5.41, 5.74) is 5.24. The van der Waals surface area contributed by atoms with E-state index in [0.29, 0.717) is 29.7 Å². The first-order valence-corrected chi connectivity index (χ1v) is 22.8. The van der Waals surface area contributed by atoms with E-state index < -0.39 is 32.8 Å². The molecule has 2 N–H and O–H groups in total. The molecule has 2 aromatic heterocycles. The number of anilines is 1. The Hall–Kier alpha value is -4.99. The Kier molecular flexibility index (Phi) is 11.1. The summed E-state index contributed by atoms with van der Waals surface area (Å²) in [7, 11) is -4.29. The molecule has 0 spiro atoms. The standard InChI is InChI=1S/C46H50ClN5O8S/c1-46(2)14-12-31(40(25-46)29-6-8-34(47)9-7-29)27-49-16-18-50(19-17-49)35-4-3-5-36(23-35)60-37-21-30-13-15-51(45(30)48-26-37)61(57,58)38-10-11-42(41(24-38)52(55)56)59-28-33-20-32-22-39(33)44(54)43(32)53/h3-11,13,15,21,23-24,26,32-33,39,43-44,53-54H,12,14,16-20,22,25,27-28H2,1-2H3/t32-,33?,39-,43+,44-/m1/s1. The van der Waals surface area contributed by atoms with E-state index in [0.717, 1.165) is 66.3 Å². The molecule has 1 saturated heterocycles. The Bertz CT molecular complexity index is 2600. The van der Waals surface area contributed by atoms with Gasteiger partial charge in [-0.1, -0.05) is 49.2 Å². The van der Waals surface area contributed by atoms with E-state index in [9.17, 15) is 28.7 Å². The Balaban J connectivity index is 0.846. The molecule has 3 aromatic carbocycles. The van der Waals surface area contributed by atoms with E-state index >= 15 is 0 Å². The number of fused-ring (bicyclic) bond motifs is 3. The Labute approximate surface area is 360 Å². The zero-order chi connectivity index (χ0) is 42.6. The number of pyridine rings is 1. The Morgan fingerprint density at radius 2 is 1.74 bits per heavy atom. The number of nitro benzene ring substituents is 1. The van der Waals surface area contributed by atoms with Crippen LogP contribution in [0.3, 0.4) is 0 Å².